The topological polar surface area (TPSA) is 62.1 Å². The normalized spacial score (nSPS) is 29.7. The Morgan fingerprint density at radius 1 is 1.32 bits per heavy atom. The molecule has 0 radical (unpaired) electrons. The molecule has 2 rings (SSSR count). The molecular formula is C15H24N2O2. The van der Waals surface area contributed by atoms with Gasteiger partial charge in [-0.05, 0) is 32.6 Å². The molecule has 0 heterocycles. The highest BCUT2D eigenvalue weighted by Crippen LogP contribution is 2.35. The third kappa shape index (κ3) is 3.27. The Labute approximate surface area is 115 Å². The number of nitriles is 1. The summed E-state index contributed by atoms with van der Waals surface area (Å²) < 4.78 is 5.49. The summed E-state index contributed by atoms with van der Waals surface area (Å²) in [4.78, 5) is 12.4. The van der Waals surface area contributed by atoms with Gasteiger partial charge in [0.15, 0.2) is 0 Å². The first-order valence-corrected chi connectivity index (χ1v) is 7.54. The summed E-state index contributed by atoms with van der Waals surface area (Å²) in [6, 6.07) is 2.51. The molecule has 0 bridgehead atoms. The molecule has 4 nitrogen and oxygen atoms in total. The maximum Gasteiger partial charge on any atom is 0.240 e. The molecule has 1 amide bonds. The Balaban J connectivity index is 1.86. The van der Waals surface area contributed by atoms with Crippen molar-refractivity contribution < 1.29 is 9.53 Å². The lowest BCUT2D eigenvalue weighted by Gasteiger charge is -2.37. The number of nitrogens with zero attached hydrogens (tertiary/aromatic N) is 1. The minimum atomic E-state index is -0.771. The summed E-state index contributed by atoms with van der Waals surface area (Å²) >= 11 is 0. The average molecular weight is 264 g/mol. The second kappa shape index (κ2) is 6.38. The first kappa shape index (κ1) is 14.3. The van der Waals surface area contributed by atoms with E-state index in [1.54, 1.807) is 0 Å². The second-order valence-corrected chi connectivity index (χ2v) is 5.83. The number of ether oxygens (including phenoxy) is 1. The highest BCUT2D eigenvalue weighted by molar-refractivity contribution is 5.85. The van der Waals surface area contributed by atoms with Crippen LogP contribution in [0.1, 0.15) is 58.3 Å². The van der Waals surface area contributed by atoms with E-state index in [1.165, 1.54) is 0 Å². The Morgan fingerprint density at radius 3 is 2.47 bits per heavy atom. The van der Waals surface area contributed by atoms with Gasteiger partial charge in [0.1, 0.15) is 5.41 Å². The lowest BCUT2D eigenvalue weighted by Crippen LogP contribution is -2.52. The van der Waals surface area contributed by atoms with E-state index in [-0.39, 0.29) is 11.9 Å². The van der Waals surface area contributed by atoms with Crippen LogP contribution in [-0.2, 0) is 9.53 Å². The number of carbonyl (C=O) groups excluding carboxylic acids is 1. The van der Waals surface area contributed by atoms with Crippen LogP contribution in [0, 0.1) is 16.7 Å². The van der Waals surface area contributed by atoms with Gasteiger partial charge in [-0.25, -0.2) is 0 Å². The van der Waals surface area contributed by atoms with Gasteiger partial charge in [-0.2, -0.15) is 5.26 Å². The first-order chi connectivity index (χ1) is 9.20. The van der Waals surface area contributed by atoms with E-state index in [4.69, 9.17) is 4.74 Å². The fourth-order valence-electron chi connectivity index (χ4n) is 3.10. The fourth-order valence-corrected chi connectivity index (χ4v) is 3.10. The molecule has 2 saturated carbocycles. The molecular weight excluding hydrogens is 240 g/mol. The minimum absolute atomic E-state index is 0.0446. The highest BCUT2D eigenvalue weighted by Gasteiger charge is 2.41. The summed E-state index contributed by atoms with van der Waals surface area (Å²) in [6.07, 6.45) is 7.79. The van der Waals surface area contributed by atoms with E-state index in [2.05, 4.69) is 11.4 Å². The van der Waals surface area contributed by atoms with Gasteiger partial charge in [0, 0.05) is 12.6 Å². The van der Waals surface area contributed by atoms with Crippen molar-refractivity contribution in [2.75, 3.05) is 6.61 Å². The number of hydrogen-bond acceptors (Lipinski definition) is 3. The smallest absolute Gasteiger partial charge is 0.240 e. The number of hydrogen-bond donors (Lipinski definition) is 1. The molecule has 0 aromatic rings. The molecule has 0 saturated heterocycles. The number of amides is 1. The van der Waals surface area contributed by atoms with Crippen molar-refractivity contribution in [1.29, 1.82) is 5.26 Å². The van der Waals surface area contributed by atoms with Gasteiger partial charge >= 0.3 is 0 Å². The Kier molecular flexibility index (Phi) is 4.81. The van der Waals surface area contributed by atoms with E-state index in [0.717, 1.165) is 58.0 Å². The summed E-state index contributed by atoms with van der Waals surface area (Å²) in [6.45, 7) is 2.72. The van der Waals surface area contributed by atoms with Crippen LogP contribution in [0.25, 0.3) is 0 Å². The largest absolute Gasteiger partial charge is 0.378 e. The van der Waals surface area contributed by atoms with Crippen LogP contribution in [0.4, 0.5) is 0 Å². The molecule has 2 aliphatic rings. The molecule has 1 N–H and O–H groups in total. The maximum absolute atomic E-state index is 12.4. The Morgan fingerprint density at radius 2 is 1.95 bits per heavy atom. The molecule has 0 aliphatic heterocycles. The fraction of sp³-hybridized carbons (Fsp3) is 0.867. The standard InChI is InChI=1S/C15H24N2O2/c1-2-19-13-9-12(10-13)17-14(18)15(11-16)7-5-3-4-6-8-15/h12-13H,2-10H2,1H3,(H,17,18). The van der Waals surface area contributed by atoms with E-state index in [1.807, 2.05) is 6.92 Å². The van der Waals surface area contributed by atoms with Crippen molar-refractivity contribution in [3.05, 3.63) is 0 Å². The molecule has 0 aromatic heterocycles. The van der Waals surface area contributed by atoms with Crippen molar-refractivity contribution in [1.82, 2.24) is 5.32 Å². The van der Waals surface area contributed by atoms with Crippen molar-refractivity contribution in [3.8, 4) is 6.07 Å². The third-order valence-electron chi connectivity index (χ3n) is 4.44. The lowest BCUT2D eigenvalue weighted by molar-refractivity contribution is -0.131. The second-order valence-electron chi connectivity index (χ2n) is 5.83. The molecule has 2 fully saturated rings. The minimum Gasteiger partial charge on any atom is -0.378 e. The monoisotopic (exact) mass is 264 g/mol. The van der Waals surface area contributed by atoms with Crippen LogP contribution in [-0.4, -0.2) is 24.7 Å². The molecule has 106 valence electrons. The Hall–Kier alpha value is -1.08. The third-order valence-corrected chi connectivity index (χ3v) is 4.44. The summed E-state index contributed by atoms with van der Waals surface area (Å²) in [5.41, 5.74) is -0.771. The molecule has 0 spiro atoms. The molecule has 0 aromatic carbocycles. The Bertz CT molecular complexity index is 348. The van der Waals surface area contributed by atoms with Gasteiger partial charge in [-0.1, -0.05) is 25.7 Å². The lowest BCUT2D eigenvalue weighted by atomic mass is 9.79. The summed E-state index contributed by atoms with van der Waals surface area (Å²) in [7, 11) is 0. The average Bonchev–Trinajstić information content (AvgIpc) is 2.62. The zero-order valence-electron chi connectivity index (χ0n) is 11.8. The predicted molar refractivity (Wildman–Crippen MR) is 72.3 cm³/mol. The molecule has 19 heavy (non-hydrogen) atoms. The number of rotatable bonds is 4. The number of carbonyl (C=O) groups is 1. The van der Waals surface area contributed by atoms with E-state index >= 15 is 0 Å². The van der Waals surface area contributed by atoms with Crippen LogP contribution >= 0.6 is 0 Å². The summed E-state index contributed by atoms with van der Waals surface area (Å²) in [5, 5.41) is 12.5. The van der Waals surface area contributed by atoms with E-state index in [0.29, 0.717) is 6.10 Å². The first-order valence-electron chi connectivity index (χ1n) is 7.54. The maximum atomic E-state index is 12.4. The molecule has 2 aliphatic carbocycles. The van der Waals surface area contributed by atoms with E-state index < -0.39 is 5.41 Å². The van der Waals surface area contributed by atoms with E-state index in [9.17, 15) is 10.1 Å². The van der Waals surface area contributed by atoms with Crippen molar-refractivity contribution in [3.63, 3.8) is 0 Å². The molecule has 4 heteroatoms. The predicted octanol–water partition coefficient (Wildman–Crippen LogP) is 2.53. The molecule has 0 unspecified atom stereocenters. The SMILES string of the molecule is CCOC1CC(NC(=O)C2(C#N)CCCCCC2)C1. The van der Waals surface area contributed by atoms with Crippen LogP contribution < -0.4 is 5.32 Å². The highest BCUT2D eigenvalue weighted by atomic mass is 16.5. The number of nitrogens with one attached hydrogen (secondary N) is 1. The van der Waals surface area contributed by atoms with Gasteiger partial charge in [-0.3, -0.25) is 4.79 Å². The summed E-state index contributed by atoms with van der Waals surface area (Å²) in [5.74, 6) is -0.0446. The van der Waals surface area contributed by atoms with Gasteiger partial charge in [0.25, 0.3) is 0 Å². The van der Waals surface area contributed by atoms with Crippen molar-refractivity contribution >= 4 is 5.91 Å². The molecule has 0 atom stereocenters. The van der Waals surface area contributed by atoms with Crippen LogP contribution in [0.3, 0.4) is 0 Å². The van der Waals surface area contributed by atoms with Crippen LogP contribution in [0.15, 0.2) is 0 Å². The van der Waals surface area contributed by atoms with Gasteiger partial charge in [0.2, 0.25) is 5.91 Å². The quantitative estimate of drug-likeness (QED) is 0.794. The van der Waals surface area contributed by atoms with Crippen LogP contribution in [0.5, 0.6) is 0 Å². The van der Waals surface area contributed by atoms with Crippen LogP contribution in [0.2, 0.25) is 0 Å². The van der Waals surface area contributed by atoms with Crippen molar-refractivity contribution in [2.24, 2.45) is 5.41 Å². The zero-order chi connectivity index (χ0) is 13.7. The van der Waals surface area contributed by atoms with Gasteiger partial charge < -0.3 is 10.1 Å². The zero-order valence-corrected chi connectivity index (χ0v) is 11.8. The van der Waals surface area contributed by atoms with Gasteiger partial charge in [-0.15, -0.1) is 0 Å². The van der Waals surface area contributed by atoms with Gasteiger partial charge in [0.05, 0.1) is 12.2 Å². The van der Waals surface area contributed by atoms with Crippen molar-refractivity contribution in [2.45, 2.75) is 70.4 Å².